The molecule has 0 spiro atoms. The molecule has 3 unspecified atom stereocenters. The van der Waals surface area contributed by atoms with Crippen LogP contribution in [0.3, 0.4) is 0 Å². The summed E-state index contributed by atoms with van der Waals surface area (Å²) in [7, 11) is 0. The number of benzene rings is 1. The maximum atomic E-state index is 11.1. The lowest BCUT2D eigenvalue weighted by atomic mass is 9.93. The number of hydrazine groups is 1. The highest BCUT2D eigenvalue weighted by molar-refractivity contribution is 6.30. The van der Waals surface area contributed by atoms with Crippen LogP contribution in [0.5, 0.6) is 0 Å². The number of hydrogen-bond acceptors (Lipinski definition) is 4. The van der Waals surface area contributed by atoms with Gasteiger partial charge in [0.05, 0.1) is 12.2 Å². The highest BCUT2D eigenvalue weighted by Gasteiger charge is 2.39. The van der Waals surface area contributed by atoms with E-state index in [0.717, 1.165) is 5.56 Å². The molecule has 1 saturated heterocycles. The summed E-state index contributed by atoms with van der Waals surface area (Å²) in [6.45, 7) is 0. The van der Waals surface area contributed by atoms with E-state index in [4.69, 9.17) is 22.4 Å². The Bertz CT molecular complexity index is 396. The highest BCUT2D eigenvalue weighted by Crippen LogP contribution is 2.27. The van der Waals surface area contributed by atoms with E-state index in [2.05, 4.69) is 10.9 Å². The first-order valence-electron chi connectivity index (χ1n) is 4.84. The van der Waals surface area contributed by atoms with Gasteiger partial charge >= 0.3 is 5.97 Å². The summed E-state index contributed by atoms with van der Waals surface area (Å²) in [5.41, 5.74) is 12.1. The molecule has 86 valence electrons. The second-order valence-corrected chi connectivity index (χ2v) is 4.14. The maximum Gasteiger partial charge on any atom is 0.311 e. The van der Waals surface area contributed by atoms with Gasteiger partial charge in [0.1, 0.15) is 5.92 Å². The van der Waals surface area contributed by atoms with Gasteiger partial charge in [-0.3, -0.25) is 4.79 Å². The molecule has 3 atom stereocenters. The Morgan fingerprint density at radius 3 is 2.50 bits per heavy atom. The molecule has 0 amide bonds. The Balaban J connectivity index is 2.26. The quantitative estimate of drug-likeness (QED) is 0.605. The molecule has 1 aromatic rings. The summed E-state index contributed by atoms with van der Waals surface area (Å²) in [5.74, 6) is -1.62. The largest absolute Gasteiger partial charge is 0.481 e. The van der Waals surface area contributed by atoms with Crippen LogP contribution in [0.4, 0.5) is 0 Å². The number of carboxylic acids is 1. The molecule has 0 radical (unpaired) electrons. The van der Waals surface area contributed by atoms with Gasteiger partial charge in [0, 0.05) is 5.02 Å². The fourth-order valence-corrected chi connectivity index (χ4v) is 1.96. The monoisotopic (exact) mass is 241 g/mol. The molecule has 5 N–H and O–H groups in total. The lowest BCUT2D eigenvalue weighted by Crippen LogP contribution is -2.41. The maximum absolute atomic E-state index is 11.1. The summed E-state index contributed by atoms with van der Waals surface area (Å²) < 4.78 is 0. The van der Waals surface area contributed by atoms with E-state index >= 15 is 0 Å². The molecule has 1 aliphatic rings. The Kier molecular flexibility index (Phi) is 3.11. The molecule has 1 aliphatic heterocycles. The van der Waals surface area contributed by atoms with Crippen LogP contribution in [0.15, 0.2) is 24.3 Å². The molecular formula is C10H12ClN3O2. The van der Waals surface area contributed by atoms with Crippen LogP contribution < -0.4 is 16.6 Å². The van der Waals surface area contributed by atoms with E-state index in [9.17, 15) is 4.79 Å². The summed E-state index contributed by atoms with van der Waals surface area (Å²) in [4.78, 5) is 11.1. The lowest BCUT2D eigenvalue weighted by Gasteiger charge is -2.16. The molecule has 1 heterocycles. The van der Waals surface area contributed by atoms with Crippen molar-refractivity contribution in [3.63, 3.8) is 0 Å². The molecule has 0 saturated carbocycles. The molecule has 16 heavy (non-hydrogen) atoms. The van der Waals surface area contributed by atoms with Gasteiger partial charge < -0.3 is 10.8 Å². The van der Waals surface area contributed by atoms with Crippen molar-refractivity contribution < 1.29 is 9.90 Å². The predicted octanol–water partition coefficient (Wildman–Crippen LogP) is 0.475. The SMILES string of the molecule is NC1NNC(c2ccc(Cl)cc2)C1C(=O)O. The summed E-state index contributed by atoms with van der Waals surface area (Å²) >= 11 is 5.77. The second-order valence-electron chi connectivity index (χ2n) is 3.71. The van der Waals surface area contributed by atoms with Gasteiger partial charge in [-0.05, 0) is 17.7 Å². The number of nitrogens with two attached hydrogens (primary N) is 1. The molecule has 1 fully saturated rings. The first-order chi connectivity index (χ1) is 7.59. The Hall–Kier alpha value is -1.14. The third-order valence-corrected chi connectivity index (χ3v) is 2.92. The van der Waals surface area contributed by atoms with Crippen molar-refractivity contribution in [2.24, 2.45) is 11.7 Å². The van der Waals surface area contributed by atoms with Crippen LogP contribution in [0.1, 0.15) is 11.6 Å². The average molecular weight is 242 g/mol. The first kappa shape index (κ1) is 11.3. The Morgan fingerprint density at radius 1 is 1.31 bits per heavy atom. The van der Waals surface area contributed by atoms with Gasteiger partial charge in [-0.15, -0.1) is 0 Å². The Morgan fingerprint density at radius 2 is 1.94 bits per heavy atom. The lowest BCUT2D eigenvalue weighted by molar-refractivity contribution is -0.142. The number of halogens is 1. The van der Waals surface area contributed by atoms with Gasteiger partial charge in [0.15, 0.2) is 0 Å². The highest BCUT2D eigenvalue weighted by atomic mass is 35.5. The normalized spacial score (nSPS) is 29.2. The number of rotatable bonds is 2. The molecular weight excluding hydrogens is 230 g/mol. The third-order valence-electron chi connectivity index (χ3n) is 2.67. The molecule has 6 heteroatoms. The minimum Gasteiger partial charge on any atom is -0.481 e. The molecule has 1 aromatic carbocycles. The van der Waals surface area contributed by atoms with Crippen molar-refractivity contribution in [1.82, 2.24) is 10.9 Å². The zero-order valence-corrected chi connectivity index (χ0v) is 9.11. The van der Waals surface area contributed by atoms with E-state index < -0.39 is 18.1 Å². The average Bonchev–Trinajstić information content (AvgIpc) is 2.61. The standard InChI is InChI=1S/C10H12ClN3O2/c11-6-3-1-5(2-4-6)8-7(10(15)16)9(12)14-13-8/h1-4,7-9,13-14H,12H2,(H,15,16). The molecule has 5 nitrogen and oxygen atoms in total. The van der Waals surface area contributed by atoms with Crippen molar-refractivity contribution in [3.8, 4) is 0 Å². The second kappa shape index (κ2) is 4.39. The van der Waals surface area contributed by atoms with Gasteiger partial charge in [-0.2, -0.15) is 0 Å². The van der Waals surface area contributed by atoms with Crippen molar-refractivity contribution >= 4 is 17.6 Å². The topological polar surface area (TPSA) is 87.4 Å². The number of hydrogen-bond donors (Lipinski definition) is 4. The molecule has 0 aliphatic carbocycles. The zero-order chi connectivity index (χ0) is 11.7. The van der Waals surface area contributed by atoms with Crippen LogP contribution in [0.25, 0.3) is 0 Å². The van der Waals surface area contributed by atoms with Crippen molar-refractivity contribution in [1.29, 1.82) is 0 Å². The van der Waals surface area contributed by atoms with Crippen LogP contribution in [-0.4, -0.2) is 17.2 Å². The minimum atomic E-state index is -0.926. The van der Waals surface area contributed by atoms with Gasteiger partial charge in [0.25, 0.3) is 0 Å². The summed E-state index contributed by atoms with van der Waals surface area (Å²) in [6, 6.07) is 6.68. The van der Waals surface area contributed by atoms with Gasteiger partial charge in [-0.1, -0.05) is 23.7 Å². The van der Waals surface area contributed by atoms with Crippen LogP contribution in [0, 0.1) is 5.92 Å². The van der Waals surface area contributed by atoms with E-state index in [-0.39, 0.29) is 6.04 Å². The first-order valence-corrected chi connectivity index (χ1v) is 5.22. The Labute approximate surface area is 97.6 Å². The fraction of sp³-hybridized carbons (Fsp3) is 0.300. The van der Waals surface area contributed by atoms with E-state index in [1.54, 1.807) is 24.3 Å². The fourth-order valence-electron chi connectivity index (χ4n) is 1.83. The van der Waals surface area contributed by atoms with Gasteiger partial charge in [0.2, 0.25) is 0 Å². The molecule has 2 rings (SSSR count). The zero-order valence-electron chi connectivity index (χ0n) is 8.35. The number of aliphatic carboxylic acids is 1. The molecule has 0 aromatic heterocycles. The van der Waals surface area contributed by atoms with Gasteiger partial charge in [-0.25, -0.2) is 10.9 Å². The van der Waals surface area contributed by atoms with Crippen LogP contribution in [0.2, 0.25) is 5.02 Å². The van der Waals surface area contributed by atoms with E-state index in [0.29, 0.717) is 5.02 Å². The molecule has 0 bridgehead atoms. The minimum absolute atomic E-state index is 0.343. The van der Waals surface area contributed by atoms with Crippen molar-refractivity contribution in [3.05, 3.63) is 34.9 Å². The van der Waals surface area contributed by atoms with Crippen LogP contribution >= 0.6 is 11.6 Å². The number of carboxylic acid groups (broad SMARTS) is 1. The summed E-state index contributed by atoms with van der Waals surface area (Å²) in [6.07, 6.45) is -0.599. The number of nitrogens with one attached hydrogen (secondary N) is 2. The van der Waals surface area contributed by atoms with Crippen molar-refractivity contribution in [2.45, 2.75) is 12.2 Å². The van der Waals surface area contributed by atoms with E-state index in [1.807, 2.05) is 0 Å². The van der Waals surface area contributed by atoms with E-state index in [1.165, 1.54) is 0 Å². The number of carbonyl (C=O) groups is 1. The van der Waals surface area contributed by atoms with Crippen molar-refractivity contribution in [2.75, 3.05) is 0 Å². The smallest absolute Gasteiger partial charge is 0.311 e. The van der Waals surface area contributed by atoms with Crippen LogP contribution in [-0.2, 0) is 4.79 Å². The summed E-state index contributed by atoms with van der Waals surface area (Å²) in [5, 5.41) is 9.70. The third kappa shape index (κ3) is 2.03. The predicted molar refractivity (Wildman–Crippen MR) is 59.6 cm³/mol.